The van der Waals surface area contributed by atoms with Gasteiger partial charge in [-0.1, -0.05) is 0 Å². The van der Waals surface area contributed by atoms with Crippen molar-refractivity contribution in [2.75, 3.05) is 19.7 Å². The number of nitrogens with zero attached hydrogens (tertiary/aromatic N) is 1. The Bertz CT molecular complexity index is 401. The van der Waals surface area contributed by atoms with Crippen LogP contribution < -0.4 is 5.32 Å². The summed E-state index contributed by atoms with van der Waals surface area (Å²) in [5.74, 6) is 0.181. The molecule has 18 heavy (non-hydrogen) atoms. The maximum Gasteiger partial charge on any atom is 0.238 e. The van der Waals surface area contributed by atoms with Crippen molar-refractivity contribution < 1.29 is 9.53 Å². The molecule has 4 nitrogen and oxygen atoms in total. The maximum absolute atomic E-state index is 12.0. The lowest BCUT2D eigenvalue weighted by Crippen LogP contribution is -2.39. The van der Waals surface area contributed by atoms with Crippen LogP contribution in [0.3, 0.4) is 0 Å². The summed E-state index contributed by atoms with van der Waals surface area (Å²) in [6.45, 7) is 1.99. The molecule has 0 aromatic carbocycles. The highest BCUT2D eigenvalue weighted by atomic mass is 32.1. The van der Waals surface area contributed by atoms with Crippen LogP contribution in [0.2, 0.25) is 0 Å². The fourth-order valence-corrected chi connectivity index (χ4v) is 3.32. The van der Waals surface area contributed by atoms with Crippen LogP contribution in [0.4, 0.5) is 0 Å². The lowest BCUT2D eigenvalue weighted by atomic mass is 10.1. The van der Waals surface area contributed by atoms with Crippen LogP contribution in [0, 0.1) is 0 Å². The van der Waals surface area contributed by atoms with Crippen LogP contribution in [-0.2, 0) is 9.53 Å². The zero-order valence-electron chi connectivity index (χ0n) is 10.3. The van der Waals surface area contributed by atoms with E-state index in [-0.39, 0.29) is 18.2 Å². The third-order valence-electron chi connectivity index (χ3n) is 3.61. The highest BCUT2D eigenvalue weighted by molar-refractivity contribution is 7.07. The van der Waals surface area contributed by atoms with Gasteiger partial charge in [0, 0.05) is 13.2 Å². The van der Waals surface area contributed by atoms with Crippen LogP contribution >= 0.6 is 11.3 Å². The van der Waals surface area contributed by atoms with Gasteiger partial charge < -0.3 is 9.64 Å². The summed E-state index contributed by atoms with van der Waals surface area (Å²) >= 11 is 1.67. The van der Waals surface area contributed by atoms with Crippen molar-refractivity contribution in [2.24, 2.45) is 0 Å². The minimum Gasteiger partial charge on any atom is -0.376 e. The van der Waals surface area contributed by atoms with E-state index >= 15 is 0 Å². The molecule has 0 saturated carbocycles. The number of nitrogens with one attached hydrogen (secondary N) is 1. The second kappa shape index (κ2) is 5.38. The van der Waals surface area contributed by atoms with E-state index in [2.05, 4.69) is 22.1 Å². The van der Waals surface area contributed by atoms with Crippen LogP contribution in [0.25, 0.3) is 0 Å². The standard InChI is InChI=1S/C13H18N2O2S/c16-12-7-14-13(10-4-6-18-9-10)15(12)8-11-3-1-2-5-17-11/h4,6,9,11,13-14H,1-3,5,7-8H2. The molecule has 0 radical (unpaired) electrons. The van der Waals surface area contributed by atoms with Gasteiger partial charge in [0.05, 0.1) is 12.6 Å². The first-order valence-corrected chi connectivity index (χ1v) is 7.45. The SMILES string of the molecule is O=C1CNC(c2ccsc2)N1CC1CCCCO1. The van der Waals surface area contributed by atoms with Crippen molar-refractivity contribution in [3.8, 4) is 0 Å². The molecule has 2 unspecified atom stereocenters. The molecule has 2 aliphatic heterocycles. The Labute approximate surface area is 111 Å². The summed E-state index contributed by atoms with van der Waals surface area (Å²) in [6.07, 6.45) is 3.68. The number of hydrogen-bond acceptors (Lipinski definition) is 4. The minimum atomic E-state index is 0.0364. The van der Waals surface area contributed by atoms with E-state index in [9.17, 15) is 4.79 Å². The van der Waals surface area contributed by atoms with Gasteiger partial charge in [-0.15, -0.1) is 0 Å². The lowest BCUT2D eigenvalue weighted by molar-refractivity contribution is -0.130. The molecule has 1 N–H and O–H groups in total. The second-order valence-electron chi connectivity index (χ2n) is 4.87. The van der Waals surface area contributed by atoms with E-state index < -0.39 is 0 Å². The zero-order chi connectivity index (χ0) is 12.4. The highest BCUT2D eigenvalue weighted by Gasteiger charge is 2.33. The Morgan fingerprint density at radius 2 is 2.44 bits per heavy atom. The van der Waals surface area contributed by atoms with E-state index in [4.69, 9.17) is 4.74 Å². The van der Waals surface area contributed by atoms with Crippen LogP contribution in [0.15, 0.2) is 16.8 Å². The summed E-state index contributed by atoms with van der Waals surface area (Å²) in [4.78, 5) is 13.9. The molecule has 0 spiro atoms. The maximum atomic E-state index is 12.0. The van der Waals surface area contributed by atoms with E-state index in [1.165, 1.54) is 12.0 Å². The average Bonchev–Trinajstić information content (AvgIpc) is 3.02. The molecule has 3 heterocycles. The molecule has 0 bridgehead atoms. The first-order valence-electron chi connectivity index (χ1n) is 6.51. The molecule has 2 fully saturated rings. The Kier molecular flexibility index (Phi) is 3.63. The van der Waals surface area contributed by atoms with E-state index in [0.717, 1.165) is 19.4 Å². The first kappa shape index (κ1) is 12.1. The van der Waals surface area contributed by atoms with Crippen molar-refractivity contribution >= 4 is 17.2 Å². The largest absolute Gasteiger partial charge is 0.376 e. The Hall–Kier alpha value is -0.910. The number of amides is 1. The Morgan fingerprint density at radius 3 is 3.17 bits per heavy atom. The average molecular weight is 266 g/mol. The number of carbonyl (C=O) groups excluding carboxylic acids is 1. The Morgan fingerprint density at radius 1 is 1.50 bits per heavy atom. The molecule has 1 aromatic rings. The lowest BCUT2D eigenvalue weighted by Gasteiger charge is -2.30. The van der Waals surface area contributed by atoms with E-state index in [1.807, 2.05) is 4.90 Å². The highest BCUT2D eigenvalue weighted by Crippen LogP contribution is 2.26. The van der Waals surface area contributed by atoms with Crippen LogP contribution in [-0.4, -0.2) is 36.6 Å². The fourth-order valence-electron chi connectivity index (χ4n) is 2.65. The topological polar surface area (TPSA) is 41.6 Å². The Balaban J connectivity index is 1.69. The van der Waals surface area contributed by atoms with Gasteiger partial charge in [-0.05, 0) is 41.7 Å². The van der Waals surface area contributed by atoms with Crippen molar-refractivity contribution in [1.82, 2.24) is 10.2 Å². The third-order valence-corrected chi connectivity index (χ3v) is 4.31. The molecular formula is C13H18N2O2S. The zero-order valence-corrected chi connectivity index (χ0v) is 11.1. The molecule has 2 atom stereocenters. The van der Waals surface area contributed by atoms with Gasteiger partial charge >= 0.3 is 0 Å². The number of ether oxygens (including phenoxy) is 1. The quantitative estimate of drug-likeness (QED) is 0.906. The first-order chi connectivity index (χ1) is 8.84. The van der Waals surface area contributed by atoms with Gasteiger partial charge in [0.15, 0.2) is 0 Å². The predicted molar refractivity (Wildman–Crippen MR) is 70.4 cm³/mol. The minimum absolute atomic E-state index is 0.0364. The van der Waals surface area contributed by atoms with Crippen molar-refractivity contribution in [1.29, 1.82) is 0 Å². The van der Waals surface area contributed by atoms with Crippen molar-refractivity contribution in [2.45, 2.75) is 31.5 Å². The monoisotopic (exact) mass is 266 g/mol. The molecule has 5 heteroatoms. The van der Waals surface area contributed by atoms with Gasteiger partial charge in [0.2, 0.25) is 5.91 Å². The molecule has 2 aliphatic rings. The normalized spacial score (nSPS) is 28.9. The van der Waals surface area contributed by atoms with Gasteiger partial charge in [-0.3, -0.25) is 10.1 Å². The summed E-state index contributed by atoms with van der Waals surface area (Å²) in [5.41, 5.74) is 1.18. The van der Waals surface area contributed by atoms with Crippen LogP contribution in [0.5, 0.6) is 0 Å². The summed E-state index contributed by atoms with van der Waals surface area (Å²) < 4.78 is 5.73. The van der Waals surface area contributed by atoms with Gasteiger partial charge in [-0.2, -0.15) is 11.3 Å². The van der Waals surface area contributed by atoms with Gasteiger partial charge in [-0.25, -0.2) is 0 Å². The molecule has 98 valence electrons. The number of hydrogen-bond donors (Lipinski definition) is 1. The fraction of sp³-hybridized carbons (Fsp3) is 0.615. The van der Waals surface area contributed by atoms with Crippen molar-refractivity contribution in [3.63, 3.8) is 0 Å². The molecule has 3 rings (SSSR count). The summed E-state index contributed by atoms with van der Waals surface area (Å²) in [5, 5.41) is 7.43. The third kappa shape index (κ3) is 2.43. The number of thiophene rings is 1. The van der Waals surface area contributed by atoms with Gasteiger partial charge in [0.25, 0.3) is 0 Å². The number of carbonyl (C=O) groups is 1. The number of rotatable bonds is 3. The van der Waals surface area contributed by atoms with Crippen molar-refractivity contribution in [3.05, 3.63) is 22.4 Å². The predicted octanol–water partition coefficient (Wildman–Crippen LogP) is 1.75. The summed E-state index contributed by atoms with van der Waals surface area (Å²) in [7, 11) is 0. The summed E-state index contributed by atoms with van der Waals surface area (Å²) in [6, 6.07) is 2.08. The van der Waals surface area contributed by atoms with E-state index in [0.29, 0.717) is 13.1 Å². The van der Waals surface area contributed by atoms with Gasteiger partial charge in [0.1, 0.15) is 6.17 Å². The van der Waals surface area contributed by atoms with E-state index in [1.54, 1.807) is 11.3 Å². The van der Waals surface area contributed by atoms with Crippen LogP contribution in [0.1, 0.15) is 31.0 Å². The molecule has 2 saturated heterocycles. The smallest absolute Gasteiger partial charge is 0.238 e. The molecule has 1 aromatic heterocycles. The molecule has 1 amide bonds. The molecule has 0 aliphatic carbocycles. The second-order valence-corrected chi connectivity index (χ2v) is 5.65. The molecular weight excluding hydrogens is 248 g/mol.